The number of ether oxygens (including phenoxy) is 1. The Morgan fingerprint density at radius 2 is 1.96 bits per heavy atom. The van der Waals surface area contributed by atoms with E-state index in [1.54, 1.807) is 0 Å². The van der Waals surface area contributed by atoms with E-state index in [0.29, 0.717) is 12.1 Å². The zero-order valence-electron chi connectivity index (χ0n) is 13.5. The quantitative estimate of drug-likeness (QED) is 0.577. The van der Waals surface area contributed by atoms with Gasteiger partial charge in [-0.3, -0.25) is 4.90 Å². The predicted octanol–water partition coefficient (Wildman–Crippen LogP) is 6.13. The molecular weight excluding hydrogens is 349 g/mol. The molecule has 0 unspecified atom stereocenters. The molecule has 0 N–H and O–H groups in total. The van der Waals surface area contributed by atoms with Gasteiger partial charge in [-0.25, -0.2) is 0 Å². The molecule has 8 heteroatoms. The highest BCUT2D eigenvalue weighted by atomic mass is 32.5. The predicted molar refractivity (Wildman–Crippen MR) is 85.3 cm³/mol. The molecule has 0 saturated carbocycles. The first-order chi connectivity index (χ1) is 10.9. The first kappa shape index (κ1) is 17.8. The van der Waals surface area contributed by atoms with Gasteiger partial charge in [0.2, 0.25) is 0 Å². The van der Waals surface area contributed by atoms with Gasteiger partial charge in [0.1, 0.15) is 17.3 Å². The van der Waals surface area contributed by atoms with Crippen molar-refractivity contribution in [3.63, 3.8) is 0 Å². The Hall–Kier alpha value is -1.02. The Balaban J connectivity index is 1.71. The third-order valence-electron chi connectivity index (χ3n) is 5.39. The van der Waals surface area contributed by atoms with Crippen LogP contribution in [0.2, 0.25) is 0 Å². The van der Waals surface area contributed by atoms with E-state index in [0.717, 1.165) is 44.7 Å². The fraction of sp³-hybridized carbons (Fsp3) is 0.625. The normalized spacial score (nSPS) is 30.7. The topological polar surface area (TPSA) is 12.5 Å². The summed E-state index contributed by atoms with van der Waals surface area (Å²) >= 11 is 0. The lowest BCUT2D eigenvalue weighted by molar-refractivity contribution is 0.111. The van der Waals surface area contributed by atoms with Crippen LogP contribution in [0.1, 0.15) is 39.0 Å². The van der Waals surface area contributed by atoms with Crippen molar-refractivity contribution < 1.29 is 24.2 Å². The van der Waals surface area contributed by atoms with Gasteiger partial charge in [-0.05, 0) is 50.8 Å². The molecule has 0 amide bonds. The fourth-order valence-corrected chi connectivity index (χ4v) is 4.79. The second-order valence-corrected chi connectivity index (χ2v) is 9.23. The molecule has 1 aromatic rings. The van der Waals surface area contributed by atoms with Gasteiger partial charge in [-0.2, -0.15) is 0 Å². The number of nitrogens with zero attached hydrogens (tertiary/aromatic N) is 1. The smallest absolute Gasteiger partial charge is 0.310 e. The zero-order chi connectivity index (χ0) is 17.7. The monoisotopic (exact) mass is 371 g/mol. The summed E-state index contributed by atoms with van der Waals surface area (Å²) in [5.41, 5.74) is 0.194. The van der Waals surface area contributed by atoms with Crippen molar-refractivity contribution in [2.45, 2.75) is 55.5 Å². The minimum Gasteiger partial charge on any atom is -0.492 e. The largest absolute Gasteiger partial charge is 0.492 e. The minimum atomic E-state index is -9.66. The van der Waals surface area contributed by atoms with Crippen molar-refractivity contribution in [2.75, 3.05) is 13.2 Å². The van der Waals surface area contributed by atoms with Crippen LogP contribution < -0.4 is 4.74 Å². The average Bonchev–Trinajstić information content (AvgIpc) is 3.02. The van der Waals surface area contributed by atoms with E-state index in [4.69, 9.17) is 4.74 Å². The number of rotatable bonds is 5. The first-order valence-electron chi connectivity index (χ1n) is 8.17. The molecule has 2 fully saturated rings. The highest BCUT2D eigenvalue weighted by molar-refractivity contribution is 8.45. The third-order valence-corrected chi connectivity index (χ3v) is 6.53. The van der Waals surface area contributed by atoms with Crippen molar-refractivity contribution in [1.82, 2.24) is 4.90 Å². The molecule has 0 aliphatic carbocycles. The summed E-state index contributed by atoms with van der Waals surface area (Å²) in [6.45, 7) is 3.35. The molecular formula is C16H22F5NOS. The summed E-state index contributed by atoms with van der Waals surface area (Å²) in [5, 5.41) is 0. The highest BCUT2D eigenvalue weighted by Gasteiger charge is 2.65. The van der Waals surface area contributed by atoms with E-state index >= 15 is 0 Å². The maximum absolute atomic E-state index is 12.9. The van der Waals surface area contributed by atoms with Crippen molar-refractivity contribution in [3.8, 4) is 5.75 Å². The number of hydrogen-bond acceptors (Lipinski definition) is 2. The lowest BCUT2D eigenvalue weighted by atomic mass is 9.91. The number of halogens is 5. The van der Waals surface area contributed by atoms with Crippen molar-refractivity contribution >= 4 is 10.2 Å². The Bertz CT molecular complexity index is 635. The molecule has 24 heavy (non-hydrogen) atoms. The maximum atomic E-state index is 12.9. The molecule has 2 atom stereocenters. The van der Waals surface area contributed by atoms with Crippen molar-refractivity contribution in [1.29, 1.82) is 0 Å². The standard InChI is InChI=1S/C16H22F5NOS/c1-2-16-8-4-10-22(16)13(7-9-16)12-23-14-5-3-6-15(11-14)24(17,18,19,20)21/h3,5-6,11,13H,2,4,7-10,12H2,1H3/t13-,16-/m0/s1. The van der Waals surface area contributed by atoms with Crippen LogP contribution in [0.15, 0.2) is 29.2 Å². The summed E-state index contributed by atoms with van der Waals surface area (Å²) in [6.07, 6.45) is 5.28. The second-order valence-electron chi connectivity index (χ2n) is 6.82. The van der Waals surface area contributed by atoms with Crippen LogP contribution in [0, 0.1) is 0 Å². The minimum absolute atomic E-state index is 0.135. The fourth-order valence-electron chi connectivity index (χ4n) is 4.12. The Morgan fingerprint density at radius 3 is 2.62 bits per heavy atom. The van der Waals surface area contributed by atoms with E-state index in [2.05, 4.69) is 11.8 Å². The summed E-state index contributed by atoms with van der Waals surface area (Å²) in [7, 11) is -9.66. The average molecular weight is 371 g/mol. The number of fused-ring (bicyclic) bond motifs is 1. The van der Waals surface area contributed by atoms with Crippen molar-refractivity contribution in [2.24, 2.45) is 0 Å². The first-order valence-corrected chi connectivity index (χ1v) is 10.1. The van der Waals surface area contributed by atoms with Gasteiger partial charge >= 0.3 is 10.2 Å². The molecule has 0 radical (unpaired) electrons. The zero-order valence-corrected chi connectivity index (χ0v) is 14.3. The molecule has 138 valence electrons. The molecule has 2 heterocycles. The lowest BCUT2D eigenvalue weighted by Crippen LogP contribution is -2.43. The second kappa shape index (κ2) is 5.00. The van der Waals surface area contributed by atoms with Gasteiger partial charge < -0.3 is 4.74 Å². The van der Waals surface area contributed by atoms with Gasteiger partial charge in [0.05, 0.1) is 0 Å². The van der Waals surface area contributed by atoms with Gasteiger partial charge in [0, 0.05) is 17.6 Å². The Labute approximate surface area is 138 Å². The highest BCUT2D eigenvalue weighted by Crippen LogP contribution is 3.02. The summed E-state index contributed by atoms with van der Waals surface area (Å²) < 4.78 is 69.8. The van der Waals surface area contributed by atoms with E-state index in [1.165, 1.54) is 6.07 Å². The number of benzene rings is 1. The van der Waals surface area contributed by atoms with Crippen LogP contribution in [0.5, 0.6) is 5.75 Å². The Morgan fingerprint density at radius 1 is 1.21 bits per heavy atom. The van der Waals surface area contributed by atoms with Gasteiger partial charge in [0.25, 0.3) is 0 Å². The summed E-state index contributed by atoms with van der Waals surface area (Å²) in [4.78, 5) is 0.490. The van der Waals surface area contributed by atoms with Crippen LogP contribution in [0.25, 0.3) is 0 Å². The molecule has 2 nitrogen and oxygen atoms in total. The van der Waals surface area contributed by atoms with Gasteiger partial charge in [-0.15, -0.1) is 0 Å². The van der Waals surface area contributed by atoms with Crippen LogP contribution >= 0.6 is 10.2 Å². The summed E-state index contributed by atoms with van der Waals surface area (Å²) in [5.74, 6) is -0.158. The number of hydrogen-bond donors (Lipinski definition) is 0. The Kier molecular flexibility index (Phi) is 3.71. The van der Waals surface area contributed by atoms with Gasteiger partial charge in [0.15, 0.2) is 0 Å². The molecule has 0 spiro atoms. The SMILES string of the molecule is CC[C@@]12CCCN1[C@H](COc1cccc(S(F)(F)(F)(F)F)c1)CC2. The van der Waals surface area contributed by atoms with Crippen LogP contribution in [0.4, 0.5) is 19.4 Å². The van der Waals surface area contributed by atoms with Crippen molar-refractivity contribution in [3.05, 3.63) is 24.3 Å². The molecule has 3 rings (SSSR count). The van der Waals surface area contributed by atoms with E-state index < -0.39 is 15.1 Å². The van der Waals surface area contributed by atoms with Crippen LogP contribution in [-0.2, 0) is 0 Å². The van der Waals surface area contributed by atoms with E-state index in [9.17, 15) is 19.4 Å². The molecule has 2 aliphatic heterocycles. The van der Waals surface area contributed by atoms with Gasteiger partial charge in [-0.1, -0.05) is 32.4 Å². The molecule has 0 bridgehead atoms. The van der Waals surface area contributed by atoms with E-state index in [-0.39, 0.29) is 23.9 Å². The third kappa shape index (κ3) is 3.35. The lowest BCUT2D eigenvalue weighted by Gasteiger charge is -2.40. The molecule has 2 aliphatic rings. The molecule has 0 aromatic heterocycles. The molecule has 2 saturated heterocycles. The van der Waals surface area contributed by atoms with Crippen LogP contribution in [-0.4, -0.2) is 29.6 Å². The maximum Gasteiger partial charge on any atom is 0.310 e. The summed E-state index contributed by atoms with van der Waals surface area (Å²) in [6, 6.07) is 3.19. The van der Waals surface area contributed by atoms with E-state index in [1.807, 2.05) is 0 Å². The molecule has 1 aromatic carbocycles. The van der Waals surface area contributed by atoms with Crippen LogP contribution in [0.3, 0.4) is 0 Å².